The Bertz CT molecular complexity index is 514. The molecule has 1 amide bonds. The van der Waals surface area contributed by atoms with Crippen molar-refractivity contribution in [3.05, 3.63) is 29.6 Å². The summed E-state index contributed by atoms with van der Waals surface area (Å²) in [6, 6.07) is 4.07. The molecular formula is C15H20FNO4. The Hall–Kier alpha value is -1.66. The first-order chi connectivity index (χ1) is 9.95. The van der Waals surface area contributed by atoms with E-state index in [0.29, 0.717) is 26.1 Å². The summed E-state index contributed by atoms with van der Waals surface area (Å²) in [7, 11) is 2.96. The van der Waals surface area contributed by atoms with E-state index in [1.165, 1.54) is 24.1 Å². The van der Waals surface area contributed by atoms with Crippen LogP contribution in [0.25, 0.3) is 0 Å². The zero-order valence-electron chi connectivity index (χ0n) is 12.3. The van der Waals surface area contributed by atoms with Gasteiger partial charge in [0.15, 0.2) is 11.6 Å². The highest BCUT2D eigenvalue weighted by Crippen LogP contribution is 2.23. The molecule has 0 bridgehead atoms. The van der Waals surface area contributed by atoms with E-state index in [0.717, 1.165) is 6.07 Å². The number of carbonyl (C=O) groups is 1. The molecule has 6 heteroatoms. The zero-order valence-corrected chi connectivity index (χ0v) is 12.3. The monoisotopic (exact) mass is 297 g/mol. The number of hydrogen-bond donors (Lipinski definition) is 1. The molecular weight excluding hydrogens is 277 g/mol. The molecule has 0 aromatic heterocycles. The van der Waals surface area contributed by atoms with Gasteiger partial charge in [-0.1, -0.05) is 0 Å². The highest BCUT2D eigenvalue weighted by Gasteiger charge is 2.32. The lowest BCUT2D eigenvalue weighted by atomic mass is 9.93. The van der Waals surface area contributed by atoms with Crippen LogP contribution in [0.4, 0.5) is 4.39 Å². The molecule has 0 atom stereocenters. The molecule has 5 nitrogen and oxygen atoms in total. The van der Waals surface area contributed by atoms with E-state index in [9.17, 15) is 14.3 Å². The van der Waals surface area contributed by atoms with E-state index in [2.05, 4.69) is 0 Å². The predicted octanol–water partition coefficient (Wildman–Crippen LogP) is 1.45. The van der Waals surface area contributed by atoms with Crippen LogP contribution in [0.2, 0.25) is 0 Å². The summed E-state index contributed by atoms with van der Waals surface area (Å²) in [5.74, 6) is -0.824. The molecule has 1 heterocycles. The van der Waals surface area contributed by atoms with Gasteiger partial charge in [0.05, 0.1) is 12.7 Å². The fraction of sp³-hybridized carbons (Fsp3) is 0.533. The summed E-state index contributed by atoms with van der Waals surface area (Å²) >= 11 is 0. The van der Waals surface area contributed by atoms with Gasteiger partial charge in [-0.3, -0.25) is 4.79 Å². The number of ether oxygens (including phenoxy) is 2. The van der Waals surface area contributed by atoms with Gasteiger partial charge in [0, 0.05) is 45.2 Å². The Balaban J connectivity index is 2.06. The van der Waals surface area contributed by atoms with Crippen molar-refractivity contribution in [3.8, 4) is 5.75 Å². The van der Waals surface area contributed by atoms with Crippen molar-refractivity contribution in [1.82, 2.24) is 4.90 Å². The lowest BCUT2D eigenvalue weighted by molar-refractivity contribution is -0.0734. The van der Waals surface area contributed by atoms with Crippen LogP contribution >= 0.6 is 0 Å². The second-order valence-corrected chi connectivity index (χ2v) is 5.35. The number of halogens is 1. The number of amides is 1. The molecule has 116 valence electrons. The summed E-state index contributed by atoms with van der Waals surface area (Å²) in [4.78, 5) is 13.7. The van der Waals surface area contributed by atoms with Crippen molar-refractivity contribution in [3.63, 3.8) is 0 Å². The average Bonchev–Trinajstić information content (AvgIpc) is 2.46. The average molecular weight is 297 g/mol. The highest BCUT2D eigenvalue weighted by molar-refractivity contribution is 5.94. The second-order valence-electron chi connectivity index (χ2n) is 5.35. The molecule has 1 aromatic rings. The van der Waals surface area contributed by atoms with E-state index in [1.807, 2.05) is 0 Å². The number of carbonyl (C=O) groups excluding carboxylic acids is 1. The van der Waals surface area contributed by atoms with E-state index < -0.39 is 11.4 Å². The molecule has 0 aliphatic carbocycles. The first-order valence-corrected chi connectivity index (χ1v) is 6.84. The largest absolute Gasteiger partial charge is 0.494 e. The first-order valence-electron chi connectivity index (χ1n) is 6.84. The lowest BCUT2D eigenvalue weighted by Gasteiger charge is -2.35. The molecule has 1 aliphatic rings. The molecule has 1 fully saturated rings. The van der Waals surface area contributed by atoms with Gasteiger partial charge < -0.3 is 19.5 Å². The minimum absolute atomic E-state index is 0.0947. The number of hydrogen-bond acceptors (Lipinski definition) is 4. The summed E-state index contributed by atoms with van der Waals surface area (Å²) in [6.45, 7) is 1.16. The van der Waals surface area contributed by atoms with Crippen molar-refractivity contribution < 1.29 is 23.8 Å². The zero-order chi connectivity index (χ0) is 15.5. The van der Waals surface area contributed by atoms with E-state index in [-0.39, 0.29) is 23.8 Å². The number of rotatable bonds is 4. The molecule has 0 radical (unpaired) electrons. The maximum absolute atomic E-state index is 13.6. The van der Waals surface area contributed by atoms with E-state index in [1.54, 1.807) is 7.05 Å². The summed E-state index contributed by atoms with van der Waals surface area (Å²) < 4.78 is 23.7. The summed E-state index contributed by atoms with van der Waals surface area (Å²) in [5.41, 5.74) is -0.709. The summed E-state index contributed by atoms with van der Waals surface area (Å²) in [6.07, 6.45) is 0.975. The van der Waals surface area contributed by atoms with E-state index >= 15 is 0 Å². The number of nitrogens with zero attached hydrogens (tertiary/aromatic N) is 1. The van der Waals surface area contributed by atoms with Crippen LogP contribution in [0.5, 0.6) is 5.75 Å². The minimum Gasteiger partial charge on any atom is -0.494 e. The molecule has 1 saturated heterocycles. The fourth-order valence-electron chi connectivity index (χ4n) is 2.44. The number of aliphatic hydroxyl groups is 1. The van der Waals surface area contributed by atoms with Crippen molar-refractivity contribution in [1.29, 1.82) is 0 Å². The Labute approximate surface area is 123 Å². The predicted molar refractivity (Wildman–Crippen MR) is 74.9 cm³/mol. The first kappa shape index (κ1) is 15.7. The van der Waals surface area contributed by atoms with Gasteiger partial charge in [0.2, 0.25) is 0 Å². The lowest BCUT2D eigenvalue weighted by Crippen LogP contribution is -2.47. The smallest absolute Gasteiger partial charge is 0.253 e. The maximum Gasteiger partial charge on any atom is 0.253 e. The van der Waals surface area contributed by atoms with Crippen LogP contribution in [0, 0.1) is 5.82 Å². The van der Waals surface area contributed by atoms with Gasteiger partial charge in [-0.25, -0.2) is 4.39 Å². The molecule has 21 heavy (non-hydrogen) atoms. The van der Waals surface area contributed by atoms with Gasteiger partial charge in [-0.05, 0) is 18.2 Å². The third-order valence-corrected chi connectivity index (χ3v) is 3.70. The third-order valence-electron chi connectivity index (χ3n) is 3.70. The van der Waals surface area contributed by atoms with Crippen LogP contribution in [0.1, 0.15) is 23.2 Å². The van der Waals surface area contributed by atoms with Gasteiger partial charge in [-0.2, -0.15) is 0 Å². The van der Waals surface area contributed by atoms with Crippen LogP contribution in [0.3, 0.4) is 0 Å². The molecule has 2 rings (SSSR count). The fourth-order valence-corrected chi connectivity index (χ4v) is 2.44. The molecule has 1 aliphatic heterocycles. The SMILES string of the molecule is COc1ccc(C(=O)N(C)CC2(O)CCOCC2)cc1F. The second kappa shape index (κ2) is 6.41. The van der Waals surface area contributed by atoms with Gasteiger partial charge >= 0.3 is 0 Å². The van der Waals surface area contributed by atoms with Gasteiger partial charge in [0.1, 0.15) is 0 Å². The molecule has 1 aromatic carbocycles. The van der Waals surface area contributed by atoms with Gasteiger partial charge in [-0.15, -0.1) is 0 Å². The van der Waals surface area contributed by atoms with Crippen LogP contribution in [-0.2, 0) is 4.74 Å². The van der Waals surface area contributed by atoms with E-state index in [4.69, 9.17) is 9.47 Å². The third kappa shape index (κ3) is 3.71. The number of methoxy groups -OCH3 is 1. The topological polar surface area (TPSA) is 59.0 Å². The van der Waals surface area contributed by atoms with Crippen molar-refractivity contribution >= 4 is 5.91 Å². The highest BCUT2D eigenvalue weighted by atomic mass is 19.1. The van der Waals surface area contributed by atoms with Crippen molar-refractivity contribution in [2.24, 2.45) is 0 Å². The van der Waals surface area contributed by atoms with Crippen molar-refractivity contribution in [2.75, 3.05) is 33.9 Å². The van der Waals surface area contributed by atoms with Crippen molar-refractivity contribution in [2.45, 2.75) is 18.4 Å². The minimum atomic E-state index is -0.937. The molecule has 1 N–H and O–H groups in total. The summed E-state index contributed by atoms with van der Waals surface area (Å²) in [5, 5.41) is 10.4. The molecule has 0 saturated carbocycles. The van der Waals surface area contributed by atoms with Crippen LogP contribution in [0.15, 0.2) is 18.2 Å². The maximum atomic E-state index is 13.6. The molecule has 0 spiro atoms. The standard InChI is InChI=1S/C15H20FNO4/c1-17(10-15(19)5-7-21-8-6-15)14(18)11-3-4-13(20-2)12(16)9-11/h3-4,9,19H,5-8,10H2,1-2H3. The normalized spacial score (nSPS) is 17.3. The quantitative estimate of drug-likeness (QED) is 0.914. The Morgan fingerprint density at radius 3 is 2.71 bits per heavy atom. The van der Waals surface area contributed by atoms with Crippen LogP contribution < -0.4 is 4.74 Å². The Morgan fingerprint density at radius 1 is 1.48 bits per heavy atom. The number of likely N-dealkylation sites (N-methyl/N-ethyl adjacent to an activating group) is 1. The number of benzene rings is 1. The molecule has 0 unspecified atom stereocenters. The Morgan fingerprint density at radius 2 is 2.14 bits per heavy atom. The van der Waals surface area contributed by atoms with Gasteiger partial charge in [0.25, 0.3) is 5.91 Å². The van der Waals surface area contributed by atoms with Crippen LogP contribution in [-0.4, -0.2) is 55.4 Å². The Kier molecular flexibility index (Phi) is 4.80.